The van der Waals surface area contributed by atoms with Gasteiger partial charge in [-0.25, -0.2) is 0 Å². The van der Waals surface area contributed by atoms with E-state index in [2.05, 4.69) is 132 Å². The molecule has 0 aromatic heterocycles. The molecule has 0 radical (unpaired) electrons. The number of anilines is 3. The van der Waals surface area contributed by atoms with Crippen molar-refractivity contribution < 1.29 is 9.47 Å². The maximum absolute atomic E-state index is 6.56. The van der Waals surface area contributed by atoms with Gasteiger partial charge in [0, 0.05) is 0 Å². The highest BCUT2D eigenvalue weighted by Crippen LogP contribution is 2.59. The van der Waals surface area contributed by atoms with Crippen molar-refractivity contribution in [2.45, 2.75) is 0 Å². The molecule has 0 saturated carbocycles. The molecule has 0 amide bonds. The first-order valence-corrected chi connectivity index (χ1v) is 15.9. The van der Waals surface area contributed by atoms with Gasteiger partial charge in [-0.3, -0.25) is 4.90 Å². The summed E-state index contributed by atoms with van der Waals surface area (Å²) in [5.41, 5.74) is 10.0. The standard InChI is InChI=1S/C44H27NO2/c1-2-13-34-30(10-1)26-37(36-15-6-5-14-35(34)36)29-22-20-28(21-23-29)32-11-3-4-12-33(32)31-24-25-39-43(27-31)47-42-19-9-18-41-44(42)45(39)38-16-7-8-17-40(38)46-41/h1-27H. The van der Waals surface area contributed by atoms with Crippen molar-refractivity contribution in [1.82, 2.24) is 0 Å². The van der Waals surface area contributed by atoms with E-state index in [1.807, 2.05) is 36.4 Å². The minimum Gasteiger partial charge on any atom is -0.453 e. The number of hydrogen-bond acceptors (Lipinski definition) is 3. The van der Waals surface area contributed by atoms with Gasteiger partial charge in [0.15, 0.2) is 23.0 Å². The van der Waals surface area contributed by atoms with Crippen LogP contribution < -0.4 is 14.4 Å². The Morgan fingerprint density at radius 3 is 1.70 bits per heavy atom. The second-order valence-corrected chi connectivity index (χ2v) is 12.1. The molecule has 8 aromatic rings. The summed E-state index contributed by atoms with van der Waals surface area (Å²) >= 11 is 0. The Morgan fingerprint density at radius 2 is 0.894 bits per heavy atom. The third kappa shape index (κ3) is 4.00. The van der Waals surface area contributed by atoms with Crippen LogP contribution in [0, 0.1) is 0 Å². The van der Waals surface area contributed by atoms with Crippen LogP contribution in [0.15, 0.2) is 164 Å². The summed E-state index contributed by atoms with van der Waals surface area (Å²) < 4.78 is 12.8. The van der Waals surface area contributed by atoms with Gasteiger partial charge in [0.2, 0.25) is 0 Å². The fourth-order valence-corrected chi connectivity index (χ4v) is 7.28. The van der Waals surface area contributed by atoms with E-state index in [9.17, 15) is 0 Å². The predicted octanol–water partition coefficient (Wildman–Crippen LogP) is 12.7. The number of hydrogen-bond donors (Lipinski definition) is 0. The van der Waals surface area contributed by atoms with Crippen LogP contribution in [0.25, 0.3) is 54.9 Å². The normalized spacial score (nSPS) is 12.6. The largest absolute Gasteiger partial charge is 0.453 e. The van der Waals surface area contributed by atoms with Crippen molar-refractivity contribution in [3.8, 4) is 56.4 Å². The molecular weight excluding hydrogens is 574 g/mol. The second-order valence-electron chi connectivity index (χ2n) is 12.1. The molecule has 2 aliphatic heterocycles. The highest BCUT2D eigenvalue weighted by Gasteiger charge is 2.34. The number of nitrogens with zero attached hydrogens (tertiary/aromatic N) is 1. The molecule has 3 heteroatoms. The molecule has 0 fully saturated rings. The predicted molar refractivity (Wildman–Crippen MR) is 193 cm³/mol. The minimum absolute atomic E-state index is 0.784. The Bertz CT molecular complexity index is 2530. The molecule has 47 heavy (non-hydrogen) atoms. The third-order valence-corrected chi connectivity index (χ3v) is 9.45. The van der Waals surface area contributed by atoms with Crippen LogP contribution in [0.2, 0.25) is 0 Å². The molecule has 10 rings (SSSR count). The van der Waals surface area contributed by atoms with Crippen molar-refractivity contribution in [2.75, 3.05) is 4.90 Å². The zero-order valence-corrected chi connectivity index (χ0v) is 25.4. The molecule has 0 saturated heterocycles. The lowest BCUT2D eigenvalue weighted by Crippen LogP contribution is -2.20. The molecule has 8 aromatic carbocycles. The number of ether oxygens (including phenoxy) is 2. The average Bonchev–Trinajstić information content (AvgIpc) is 3.14. The first-order chi connectivity index (χ1) is 23.3. The molecule has 0 spiro atoms. The van der Waals surface area contributed by atoms with Gasteiger partial charge in [-0.1, -0.05) is 121 Å². The van der Waals surface area contributed by atoms with E-state index in [-0.39, 0.29) is 0 Å². The van der Waals surface area contributed by atoms with Crippen LogP contribution in [-0.2, 0) is 0 Å². The number of benzene rings is 8. The molecule has 220 valence electrons. The summed E-state index contributed by atoms with van der Waals surface area (Å²) in [5.74, 6) is 3.23. The Hall–Kier alpha value is -6.32. The highest BCUT2D eigenvalue weighted by molar-refractivity contribution is 6.13. The van der Waals surface area contributed by atoms with Gasteiger partial charge in [0.1, 0.15) is 5.69 Å². The maximum Gasteiger partial charge on any atom is 0.155 e. The Kier molecular flexibility index (Phi) is 5.57. The molecule has 0 N–H and O–H groups in total. The van der Waals surface area contributed by atoms with E-state index in [0.717, 1.165) is 51.2 Å². The zero-order valence-electron chi connectivity index (χ0n) is 25.4. The Balaban J connectivity index is 1.06. The van der Waals surface area contributed by atoms with Crippen LogP contribution in [-0.4, -0.2) is 0 Å². The van der Waals surface area contributed by atoms with Gasteiger partial charge >= 0.3 is 0 Å². The molecule has 0 unspecified atom stereocenters. The summed E-state index contributed by atoms with van der Waals surface area (Å²) in [7, 11) is 0. The Morgan fingerprint density at radius 1 is 0.340 bits per heavy atom. The lowest BCUT2D eigenvalue weighted by molar-refractivity contribution is 0.446. The van der Waals surface area contributed by atoms with Crippen molar-refractivity contribution in [3.63, 3.8) is 0 Å². The number of rotatable bonds is 3. The van der Waals surface area contributed by atoms with Crippen molar-refractivity contribution in [2.24, 2.45) is 0 Å². The van der Waals surface area contributed by atoms with Gasteiger partial charge in [0.05, 0.1) is 11.4 Å². The molecule has 2 heterocycles. The average molecular weight is 602 g/mol. The van der Waals surface area contributed by atoms with E-state index in [0.29, 0.717) is 0 Å². The monoisotopic (exact) mass is 601 g/mol. The van der Waals surface area contributed by atoms with Crippen molar-refractivity contribution in [3.05, 3.63) is 164 Å². The van der Waals surface area contributed by atoms with Crippen LogP contribution in [0.4, 0.5) is 17.1 Å². The molecule has 0 bridgehead atoms. The summed E-state index contributed by atoms with van der Waals surface area (Å²) in [4.78, 5) is 2.26. The zero-order chi connectivity index (χ0) is 30.9. The number of fused-ring (bicyclic) bond motifs is 7. The first-order valence-electron chi connectivity index (χ1n) is 15.9. The summed E-state index contributed by atoms with van der Waals surface area (Å²) in [6.07, 6.45) is 0. The summed E-state index contributed by atoms with van der Waals surface area (Å²) in [6.45, 7) is 0. The van der Waals surface area contributed by atoms with Crippen molar-refractivity contribution >= 4 is 38.6 Å². The molecule has 0 atom stereocenters. The van der Waals surface area contributed by atoms with E-state index in [1.165, 1.54) is 43.8 Å². The first kappa shape index (κ1) is 26.0. The van der Waals surface area contributed by atoms with Gasteiger partial charge < -0.3 is 9.47 Å². The second kappa shape index (κ2) is 10.1. The Labute approximate surface area is 272 Å². The smallest absolute Gasteiger partial charge is 0.155 e. The SMILES string of the molecule is c1ccc2c(c1)Oc1cccc3c1N2c1ccc(-c2ccccc2-c2ccc(-c4cc5ccccc5c5ccccc45)cc2)cc1O3. The van der Waals surface area contributed by atoms with Crippen LogP contribution in [0.3, 0.4) is 0 Å². The topological polar surface area (TPSA) is 21.7 Å². The lowest BCUT2D eigenvalue weighted by Gasteiger charge is -2.37. The molecule has 3 nitrogen and oxygen atoms in total. The fraction of sp³-hybridized carbons (Fsp3) is 0. The summed E-state index contributed by atoms with van der Waals surface area (Å²) in [6, 6.07) is 58.0. The highest BCUT2D eigenvalue weighted by atomic mass is 16.5. The van der Waals surface area contributed by atoms with Crippen LogP contribution >= 0.6 is 0 Å². The third-order valence-electron chi connectivity index (χ3n) is 9.45. The quantitative estimate of drug-likeness (QED) is 0.188. The van der Waals surface area contributed by atoms with E-state index in [4.69, 9.17) is 9.47 Å². The lowest BCUT2D eigenvalue weighted by atomic mass is 9.90. The summed E-state index contributed by atoms with van der Waals surface area (Å²) in [5, 5.41) is 5.09. The number of para-hydroxylation sites is 3. The van der Waals surface area contributed by atoms with Gasteiger partial charge in [-0.05, 0) is 97.4 Å². The van der Waals surface area contributed by atoms with E-state index < -0.39 is 0 Å². The van der Waals surface area contributed by atoms with Crippen LogP contribution in [0.5, 0.6) is 23.0 Å². The van der Waals surface area contributed by atoms with Gasteiger partial charge in [-0.15, -0.1) is 0 Å². The van der Waals surface area contributed by atoms with E-state index >= 15 is 0 Å². The van der Waals surface area contributed by atoms with Crippen LogP contribution in [0.1, 0.15) is 0 Å². The fourth-order valence-electron chi connectivity index (χ4n) is 7.28. The van der Waals surface area contributed by atoms with Crippen molar-refractivity contribution in [1.29, 1.82) is 0 Å². The minimum atomic E-state index is 0.784. The van der Waals surface area contributed by atoms with Gasteiger partial charge in [0.25, 0.3) is 0 Å². The van der Waals surface area contributed by atoms with E-state index in [1.54, 1.807) is 0 Å². The molecule has 2 aliphatic rings. The maximum atomic E-state index is 6.56. The molecule has 0 aliphatic carbocycles. The molecular formula is C44H27NO2. The van der Waals surface area contributed by atoms with Gasteiger partial charge in [-0.2, -0.15) is 0 Å².